The van der Waals surface area contributed by atoms with Crippen molar-refractivity contribution in [2.24, 2.45) is 0 Å². The predicted molar refractivity (Wildman–Crippen MR) is 116 cm³/mol. The Morgan fingerprint density at radius 1 is 1.04 bits per heavy atom. The molecule has 0 bridgehead atoms. The molecule has 1 amide bonds. The number of rotatable bonds is 5. The van der Waals surface area contributed by atoms with Crippen molar-refractivity contribution in [2.75, 3.05) is 15.9 Å². The fourth-order valence-corrected chi connectivity index (χ4v) is 4.61. The largest absolute Gasteiger partial charge is 0.324 e. The van der Waals surface area contributed by atoms with E-state index in [2.05, 4.69) is 5.32 Å². The van der Waals surface area contributed by atoms with Gasteiger partial charge < -0.3 is 5.32 Å². The van der Waals surface area contributed by atoms with Gasteiger partial charge in [-0.3, -0.25) is 9.10 Å². The first-order valence-electron chi connectivity index (χ1n) is 8.41. The molecule has 1 N–H and O–H groups in total. The zero-order valence-corrected chi connectivity index (χ0v) is 17.5. The summed E-state index contributed by atoms with van der Waals surface area (Å²) in [6.07, 6.45) is 1.02. The number of halogens is 2. The Morgan fingerprint density at radius 2 is 1.71 bits per heavy atom. The molecular weight excluding hydrogens is 419 g/mol. The minimum Gasteiger partial charge on any atom is -0.324 e. The van der Waals surface area contributed by atoms with E-state index in [0.717, 1.165) is 21.3 Å². The summed E-state index contributed by atoms with van der Waals surface area (Å²) in [5.74, 6) is -0.488. The lowest BCUT2D eigenvalue weighted by molar-refractivity contribution is -0.116. The highest BCUT2D eigenvalue weighted by Crippen LogP contribution is 2.32. The summed E-state index contributed by atoms with van der Waals surface area (Å²) < 4.78 is 25.9. The third-order valence-electron chi connectivity index (χ3n) is 4.28. The number of sulfonamides is 1. The molecule has 0 saturated heterocycles. The standard InChI is InChI=1S/C20H18Cl2N2O3S/c1-13(24(28(2,26)27)19-12-15(21)10-11-17(19)22)20(25)23-18-9-5-7-14-6-3-4-8-16(14)18/h3-13H,1-2H3,(H,23,25)/t13-/m0/s1. The van der Waals surface area contributed by atoms with Crippen molar-refractivity contribution in [3.63, 3.8) is 0 Å². The molecule has 146 valence electrons. The fourth-order valence-electron chi connectivity index (χ4n) is 3.01. The van der Waals surface area contributed by atoms with E-state index in [1.165, 1.54) is 19.1 Å². The van der Waals surface area contributed by atoms with Gasteiger partial charge in [-0.05, 0) is 36.6 Å². The van der Waals surface area contributed by atoms with Gasteiger partial charge in [0.05, 0.1) is 17.0 Å². The molecule has 0 fully saturated rings. The molecule has 0 aliphatic carbocycles. The van der Waals surface area contributed by atoms with E-state index in [1.54, 1.807) is 12.1 Å². The topological polar surface area (TPSA) is 66.5 Å². The molecule has 5 nitrogen and oxygen atoms in total. The number of nitrogens with zero attached hydrogens (tertiary/aromatic N) is 1. The Balaban J connectivity index is 1.98. The second-order valence-corrected chi connectivity index (χ2v) is 9.05. The van der Waals surface area contributed by atoms with Crippen LogP contribution in [0, 0.1) is 0 Å². The summed E-state index contributed by atoms with van der Waals surface area (Å²) in [6.45, 7) is 1.50. The third kappa shape index (κ3) is 4.24. The van der Waals surface area contributed by atoms with E-state index in [4.69, 9.17) is 23.2 Å². The van der Waals surface area contributed by atoms with Gasteiger partial charge >= 0.3 is 0 Å². The van der Waals surface area contributed by atoms with Crippen molar-refractivity contribution < 1.29 is 13.2 Å². The summed E-state index contributed by atoms with van der Waals surface area (Å²) in [7, 11) is -3.81. The van der Waals surface area contributed by atoms with Gasteiger partial charge in [-0.2, -0.15) is 0 Å². The summed E-state index contributed by atoms with van der Waals surface area (Å²) in [5, 5.41) is 5.14. The molecule has 0 heterocycles. The van der Waals surface area contributed by atoms with E-state index < -0.39 is 22.0 Å². The number of anilines is 2. The molecule has 0 aromatic heterocycles. The van der Waals surface area contributed by atoms with Crippen LogP contribution in [0.25, 0.3) is 10.8 Å². The predicted octanol–water partition coefficient (Wildman–Crippen LogP) is 4.94. The van der Waals surface area contributed by atoms with Crippen molar-refractivity contribution in [1.29, 1.82) is 0 Å². The van der Waals surface area contributed by atoms with E-state index >= 15 is 0 Å². The average Bonchev–Trinajstić information content (AvgIpc) is 2.64. The zero-order chi connectivity index (χ0) is 20.5. The number of carbonyl (C=O) groups excluding carboxylic acids is 1. The van der Waals surface area contributed by atoms with Gasteiger partial charge in [-0.15, -0.1) is 0 Å². The number of hydrogen-bond donors (Lipinski definition) is 1. The fraction of sp³-hybridized carbons (Fsp3) is 0.150. The van der Waals surface area contributed by atoms with Crippen LogP contribution in [0.1, 0.15) is 6.92 Å². The molecule has 28 heavy (non-hydrogen) atoms. The Labute approximate surface area is 173 Å². The lowest BCUT2D eigenvalue weighted by Crippen LogP contribution is -2.45. The monoisotopic (exact) mass is 436 g/mol. The number of hydrogen-bond acceptors (Lipinski definition) is 3. The van der Waals surface area contributed by atoms with E-state index in [-0.39, 0.29) is 10.7 Å². The van der Waals surface area contributed by atoms with Gasteiger partial charge in [0.1, 0.15) is 6.04 Å². The highest BCUT2D eigenvalue weighted by atomic mass is 35.5. The molecule has 0 saturated carbocycles. The maximum Gasteiger partial charge on any atom is 0.248 e. The Kier molecular flexibility index (Phi) is 5.84. The highest BCUT2D eigenvalue weighted by Gasteiger charge is 2.31. The summed E-state index contributed by atoms with van der Waals surface area (Å²) in [5.41, 5.74) is 0.748. The molecule has 3 aromatic rings. The van der Waals surface area contributed by atoms with Gasteiger partial charge in [-0.25, -0.2) is 8.42 Å². The SMILES string of the molecule is C[C@@H](C(=O)Nc1cccc2ccccc12)N(c1cc(Cl)ccc1Cl)S(C)(=O)=O. The molecule has 0 radical (unpaired) electrons. The molecule has 1 atom stereocenters. The van der Waals surface area contributed by atoms with Crippen LogP contribution in [-0.2, 0) is 14.8 Å². The molecule has 0 spiro atoms. The first kappa shape index (κ1) is 20.5. The molecule has 8 heteroatoms. The van der Waals surface area contributed by atoms with E-state index in [0.29, 0.717) is 10.7 Å². The quantitative estimate of drug-likeness (QED) is 0.615. The Hall–Kier alpha value is -2.28. The lowest BCUT2D eigenvalue weighted by Gasteiger charge is -2.29. The first-order valence-corrected chi connectivity index (χ1v) is 11.0. The third-order valence-corrected chi connectivity index (χ3v) is 6.06. The smallest absolute Gasteiger partial charge is 0.248 e. The molecular formula is C20H18Cl2N2O3S. The van der Waals surface area contributed by atoms with Gasteiger partial charge in [0, 0.05) is 16.1 Å². The zero-order valence-electron chi connectivity index (χ0n) is 15.2. The number of amides is 1. The minimum atomic E-state index is -3.81. The summed E-state index contributed by atoms with van der Waals surface area (Å²) in [4.78, 5) is 12.9. The van der Waals surface area contributed by atoms with Crippen LogP contribution in [0.2, 0.25) is 10.0 Å². The van der Waals surface area contributed by atoms with Gasteiger partial charge in [0.15, 0.2) is 0 Å². The van der Waals surface area contributed by atoms with E-state index in [9.17, 15) is 13.2 Å². The maximum absolute atomic E-state index is 12.9. The van der Waals surface area contributed by atoms with Crippen molar-refractivity contribution in [2.45, 2.75) is 13.0 Å². The molecule has 0 aliphatic rings. The van der Waals surface area contributed by atoms with E-state index in [1.807, 2.05) is 36.4 Å². The van der Waals surface area contributed by atoms with Gasteiger partial charge in [0.25, 0.3) is 0 Å². The van der Waals surface area contributed by atoms with Crippen LogP contribution in [-0.4, -0.2) is 26.6 Å². The van der Waals surface area contributed by atoms with Crippen molar-refractivity contribution in [3.05, 3.63) is 70.7 Å². The maximum atomic E-state index is 12.9. The van der Waals surface area contributed by atoms with Crippen LogP contribution in [0.4, 0.5) is 11.4 Å². The second kappa shape index (κ2) is 7.99. The number of fused-ring (bicyclic) bond motifs is 1. The number of benzene rings is 3. The van der Waals surface area contributed by atoms with Crippen LogP contribution >= 0.6 is 23.2 Å². The number of nitrogens with one attached hydrogen (secondary N) is 1. The lowest BCUT2D eigenvalue weighted by atomic mass is 10.1. The average molecular weight is 437 g/mol. The van der Waals surface area contributed by atoms with Gasteiger partial charge in [0.2, 0.25) is 15.9 Å². The summed E-state index contributed by atoms with van der Waals surface area (Å²) in [6, 6.07) is 16.5. The normalized spacial score (nSPS) is 12.6. The van der Waals surface area contributed by atoms with Crippen LogP contribution in [0.5, 0.6) is 0 Å². The van der Waals surface area contributed by atoms with Crippen molar-refractivity contribution in [1.82, 2.24) is 0 Å². The highest BCUT2D eigenvalue weighted by molar-refractivity contribution is 7.92. The van der Waals surface area contributed by atoms with Gasteiger partial charge in [-0.1, -0.05) is 59.6 Å². The first-order chi connectivity index (χ1) is 13.2. The molecule has 0 aliphatic heterocycles. The molecule has 0 unspecified atom stereocenters. The number of carbonyl (C=O) groups is 1. The van der Waals surface area contributed by atoms with Crippen LogP contribution < -0.4 is 9.62 Å². The van der Waals surface area contributed by atoms with Crippen molar-refractivity contribution in [3.8, 4) is 0 Å². The minimum absolute atomic E-state index is 0.150. The Bertz CT molecular complexity index is 1140. The van der Waals surface area contributed by atoms with Crippen LogP contribution in [0.15, 0.2) is 60.7 Å². The second-order valence-electron chi connectivity index (χ2n) is 6.35. The van der Waals surface area contributed by atoms with Crippen molar-refractivity contribution >= 4 is 61.3 Å². The van der Waals surface area contributed by atoms with Crippen LogP contribution in [0.3, 0.4) is 0 Å². The summed E-state index contributed by atoms with van der Waals surface area (Å²) >= 11 is 12.2. The Morgan fingerprint density at radius 3 is 2.43 bits per heavy atom. The molecule has 3 rings (SSSR count). The molecule has 3 aromatic carbocycles.